The van der Waals surface area contributed by atoms with Crippen LogP contribution in [0.1, 0.15) is 23.1 Å². The topological polar surface area (TPSA) is 95.8 Å². The quantitative estimate of drug-likeness (QED) is 0.225. The highest BCUT2D eigenvalue weighted by Gasteiger charge is 2.48. The minimum absolute atomic E-state index is 0.124. The molecule has 0 spiro atoms. The maximum Gasteiger partial charge on any atom is 0.573 e. The highest BCUT2D eigenvalue weighted by atomic mass is 19.4. The van der Waals surface area contributed by atoms with E-state index >= 15 is 0 Å². The fourth-order valence-electron chi connectivity index (χ4n) is 4.19. The second kappa shape index (κ2) is 8.08. The number of amides is 1. The number of aliphatic hydroxyl groups excluding tert-OH is 1. The summed E-state index contributed by atoms with van der Waals surface area (Å²) >= 11 is 0. The zero-order valence-corrected chi connectivity index (χ0v) is 18.1. The zero-order chi connectivity index (χ0) is 24.9. The fraction of sp³-hybridized carbons (Fsp3) is 0.120. The summed E-state index contributed by atoms with van der Waals surface area (Å²) in [5.41, 5.74) is 0.957. The van der Waals surface area contributed by atoms with Crippen LogP contribution in [0.15, 0.2) is 76.9 Å². The number of rotatable bonds is 4. The van der Waals surface area contributed by atoms with E-state index in [-0.39, 0.29) is 17.0 Å². The van der Waals surface area contributed by atoms with Gasteiger partial charge in [-0.3, -0.25) is 14.5 Å². The van der Waals surface area contributed by atoms with Gasteiger partial charge >= 0.3 is 6.36 Å². The number of hydrogen-bond acceptors (Lipinski definition) is 5. The Morgan fingerprint density at radius 1 is 1.06 bits per heavy atom. The van der Waals surface area contributed by atoms with Gasteiger partial charge in [0.2, 0.25) is 0 Å². The van der Waals surface area contributed by atoms with Gasteiger partial charge in [-0.1, -0.05) is 18.2 Å². The number of H-pyrrole nitrogens is 1. The molecule has 178 valence electrons. The standard InChI is InChI=1S/C25H17F3N2O5/c1-13-6-11-19(34-13)21-20(22(31)17-12-29-18-5-3-2-4-16(17)18)23(32)24(33)30(21)14-7-9-15(10-8-14)35-25(26,27)28/h2-12,21,29,31H,1H3/b22-20-. The largest absolute Gasteiger partial charge is 0.573 e. The van der Waals surface area contributed by atoms with E-state index in [4.69, 9.17) is 4.42 Å². The molecule has 0 bridgehead atoms. The molecule has 1 unspecified atom stereocenters. The Kier molecular flexibility index (Phi) is 5.16. The molecule has 0 radical (unpaired) electrons. The van der Waals surface area contributed by atoms with Gasteiger partial charge in [-0.15, -0.1) is 13.2 Å². The average molecular weight is 482 g/mol. The van der Waals surface area contributed by atoms with Crippen molar-refractivity contribution < 1.29 is 37.0 Å². The van der Waals surface area contributed by atoms with Gasteiger partial charge in [0.15, 0.2) is 0 Å². The molecular weight excluding hydrogens is 465 g/mol. The molecule has 1 atom stereocenters. The van der Waals surface area contributed by atoms with E-state index in [0.717, 1.165) is 17.0 Å². The Balaban J connectivity index is 1.65. The van der Waals surface area contributed by atoms with Crippen molar-refractivity contribution in [2.24, 2.45) is 0 Å². The van der Waals surface area contributed by atoms with Gasteiger partial charge in [-0.25, -0.2) is 0 Å². The van der Waals surface area contributed by atoms with Crippen LogP contribution in [0.4, 0.5) is 18.9 Å². The van der Waals surface area contributed by atoms with Gasteiger partial charge < -0.3 is 19.2 Å². The maximum atomic E-state index is 13.2. The number of nitrogens with one attached hydrogen (secondary N) is 1. The van der Waals surface area contributed by atoms with Crippen molar-refractivity contribution in [2.75, 3.05) is 4.90 Å². The molecule has 1 fully saturated rings. The normalized spacial score (nSPS) is 17.9. The van der Waals surface area contributed by atoms with Crippen LogP contribution < -0.4 is 9.64 Å². The number of aliphatic hydroxyl groups is 1. The lowest BCUT2D eigenvalue weighted by Crippen LogP contribution is -2.29. The number of furan rings is 1. The molecule has 7 nitrogen and oxygen atoms in total. The van der Waals surface area contributed by atoms with E-state index in [9.17, 15) is 27.9 Å². The van der Waals surface area contributed by atoms with Crippen LogP contribution in [-0.2, 0) is 9.59 Å². The van der Waals surface area contributed by atoms with Gasteiger partial charge in [0.25, 0.3) is 11.7 Å². The van der Waals surface area contributed by atoms with E-state index in [0.29, 0.717) is 22.2 Å². The predicted octanol–water partition coefficient (Wildman–Crippen LogP) is 5.59. The van der Waals surface area contributed by atoms with Gasteiger partial charge in [0.1, 0.15) is 29.1 Å². The smallest absolute Gasteiger partial charge is 0.507 e. The van der Waals surface area contributed by atoms with Crippen molar-refractivity contribution >= 4 is 34.0 Å². The lowest BCUT2D eigenvalue weighted by atomic mass is 9.99. The van der Waals surface area contributed by atoms with Crippen molar-refractivity contribution in [2.45, 2.75) is 19.3 Å². The summed E-state index contributed by atoms with van der Waals surface area (Å²) in [5.74, 6) is -2.09. The average Bonchev–Trinajstić information content (AvgIpc) is 3.50. The highest BCUT2D eigenvalue weighted by molar-refractivity contribution is 6.51. The van der Waals surface area contributed by atoms with E-state index in [1.54, 1.807) is 43.3 Å². The predicted molar refractivity (Wildman–Crippen MR) is 120 cm³/mol. The van der Waals surface area contributed by atoms with Crippen LogP contribution in [0.3, 0.4) is 0 Å². The van der Waals surface area contributed by atoms with E-state index in [1.165, 1.54) is 18.3 Å². The van der Waals surface area contributed by atoms with E-state index in [2.05, 4.69) is 9.72 Å². The van der Waals surface area contributed by atoms with Gasteiger partial charge in [-0.05, 0) is 49.4 Å². The van der Waals surface area contributed by atoms with Crippen LogP contribution >= 0.6 is 0 Å². The van der Waals surface area contributed by atoms with Crippen molar-refractivity contribution in [1.82, 2.24) is 4.98 Å². The first-order valence-corrected chi connectivity index (χ1v) is 10.4. The molecule has 5 rings (SSSR count). The van der Waals surface area contributed by atoms with Gasteiger partial charge in [0.05, 0.1) is 5.57 Å². The number of ketones is 1. The summed E-state index contributed by atoms with van der Waals surface area (Å²) < 4.78 is 47.2. The van der Waals surface area contributed by atoms with Crippen LogP contribution in [0.2, 0.25) is 0 Å². The highest BCUT2D eigenvalue weighted by Crippen LogP contribution is 2.43. The number of aromatic nitrogens is 1. The number of carbonyl (C=O) groups excluding carboxylic acids is 2. The fourth-order valence-corrected chi connectivity index (χ4v) is 4.19. The summed E-state index contributed by atoms with van der Waals surface area (Å²) in [6.45, 7) is 1.68. The Morgan fingerprint density at radius 2 is 1.77 bits per heavy atom. The van der Waals surface area contributed by atoms with E-state index < -0.39 is 35.6 Å². The summed E-state index contributed by atoms with van der Waals surface area (Å²) in [4.78, 5) is 30.4. The molecule has 10 heteroatoms. The lowest BCUT2D eigenvalue weighted by molar-refractivity contribution is -0.274. The number of carbonyl (C=O) groups is 2. The van der Waals surface area contributed by atoms with Crippen molar-refractivity contribution in [3.05, 3.63) is 89.5 Å². The Hall–Kier alpha value is -4.47. The minimum atomic E-state index is -4.88. The minimum Gasteiger partial charge on any atom is -0.507 e. The second-order valence-corrected chi connectivity index (χ2v) is 7.91. The van der Waals surface area contributed by atoms with Crippen LogP contribution in [-0.4, -0.2) is 28.1 Å². The summed E-state index contributed by atoms with van der Waals surface area (Å²) in [7, 11) is 0. The third-order valence-electron chi connectivity index (χ3n) is 5.67. The van der Waals surface area contributed by atoms with Gasteiger partial charge in [0, 0.05) is 28.4 Å². The summed E-state index contributed by atoms with van der Waals surface area (Å²) in [6, 6.07) is 13.7. The number of aryl methyl sites for hydroxylation is 1. The first kappa shape index (κ1) is 22.3. The number of fused-ring (bicyclic) bond motifs is 1. The molecular formula is C25H17F3N2O5. The Morgan fingerprint density at radius 3 is 2.43 bits per heavy atom. The zero-order valence-electron chi connectivity index (χ0n) is 18.1. The third-order valence-corrected chi connectivity index (χ3v) is 5.67. The number of ether oxygens (including phenoxy) is 1. The van der Waals surface area contributed by atoms with E-state index in [1.807, 2.05) is 0 Å². The monoisotopic (exact) mass is 482 g/mol. The molecule has 2 aromatic carbocycles. The number of aromatic amines is 1. The second-order valence-electron chi connectivity index (χ2n) is 7.91. The first-order valence-electron chi connectivity index (χ1n) is 10.4. The van der Waals surface area contributed by atoms with Crippen molar-refractivity contribution in [1.29, 1.82) is 0 Å². The number of nitrogens with zero attached hydrogens (tertiary/aromatic N) is 1. The number of anilines is 1. The number of Topliss-reactive ketones (excluding diaryl/α,β-unsaturated/α-hetero) is 1. The Labute approximate surface area is 196 Å². The molecule has 0 saturated carbocycles. The molecule has 2 N–H and O–H groups in total. The molecule has 1 aliphatic rings. The molecule has 3 heterocycles. The van der Waals surface area contributed by atoms with Crippen molar-refractivity contribution in [3.63, 3.8) is 0 Å². The molecule has 1 saturated heterocycles. The SMILES string of the molecule is Cc1ccc(C2/C(=C(/O)c3c[nH]c4ccccc34)C(=O)C(=O)N2c2ccc(OC(F)(F)F)cc2)o1. The molecule has 1 aliphatic heterocycles. The summed E-state index contributed by atoms with van der Waals surface area (Å²) in [6.07, 6.45) is -3.35. The van der Waals surface area contributed by atoms with Gasteiger partial charge in [-0.2, -0.15) is 0 Å². The molecule has 0 aliphatic carbocycles. The summed E-state index contributed by atoms with van der Waals surface area (Å²) in [5, 5.41) is 11.9. The number of para-hydroxylation sites is 1. The number of hydrogen-bond donors (Lipinski definition) is 2. The van der Waals surface area contributed by atoms with Crippen molar-refractivity contribution in [3.8, 4) is 5.75 Å². The molecule has 2 aromatic heterocycles. The Bertz CT molecular complexity index is 1480. The number of halogens is 3. The molecule has 1 amide bonds. The lowest BCUT2D eigenvalue weighted by Gasteiger charge is -2.23. The molecule has 35 heavy (non-hydrogen) atoms. The number of benzene rings is 2. The number of alkyl halides is 3. The first-order chi connectivity index (χ1) is 16.6. The third kappa shape index (κ3) is 3.92. The van der Waals surface area contributed by atoms with Crippen LogP contribution in [0.5, 0.6) is 5.75 Å². The molecule has 4 aromatic rings. The maximum absolute atomic E-state index is 13.2. The van der Waals surface area contributed by atoms with Crippen LogP contribution in [0.25, 0.3) is 16.7 Å². The van der Waals surface area contributed by atoms with Crippen LogP contribution in [0, 0.1) is 6.92 Å².